The topological polar surface area (TPSA) is 64.1 Å². The van der Waals surface area contributed by atoms with Crippen molar-refractivity contribution in [1.29, 1.82) is 0 Å². The first-order chi connectivity index (χ1) is 10.1. The number of ether oxygens (including phenoxy) is 1. The number of hydrogen-bond acceptors (Lipinski definition) is 5. The molecule has 1 heterocycles. The predicted molar refractivity (Wildman–Crippen MR) is 84.5 cm³/mol. The summed E-state index contributed by atoms with van der Waals surface area (Å²) in [6.07, 6.45) is 0.980. The van der Waals surface area contributed by atoms with Crippen LogP contribution in [0.2, 0.25) is 10.0 Å². The second kappa shape index (κ2) is 7.59. The molecule has 1 aromatic carbocycles. The fraction of sp³-hybridized carbons (Fsp3) is 0.308. The predicted octanol–water partition coefficient (Wildman–Crippen LogP) is 3.81. The molecule has 1 N–H and O–H groups in total. The van der Waals surface area contributed by atoms with Crippen LogP contribution in [0, 0.1) is 0 Å². The molecule has 5 nitrogen and oxygen atoms in total. The Balaban J connectivity index is 1.80. The van der Waals surface area contributed by atoms with Crippen molar-refractivity contribution >= 4 is 45.6 Å². The van der Waals surface area contributed by atoms with E-state index in [4.69, 9.17) is 27.9 Å². The van der Waals surface area contributed by atoms with Gasteiger partial charge in [-0.05, 0) is 18.6 Å². The molecular formula is C13H13Cl2N3O2S. The SMILES string of the molecule is CCc1nnc(NC(=O)CCOc2cccc(Cl)c2Cl)s1. The van der Waals surface area contributed by atoms with E-state index in [0.29, 0.717) is 20.9 Å². The number of aromatic nitrogens is 2. The van der Waals surface area contributed by atoms with E-state index in [1.165, 1.54) is 11.3 Å². The van der Waals surface area contributed by atoms with Crippen molar-refractivity contribution in [2.24, 2.45) is 0 Å². The number of amides is 1. The maximum Gasteiger partial charge on any atom is 0.229 e. The third-order valence-corrected chi connectivity index (χ3v) is 4.30. The molecule has 0 bridgehead atoms. The van der Waals surface area contributed by atoms with E-state index in [1.54, 1.807) is 18.2 Å². The van der Waals surface area contributed by atoms with Crippen LogP contribution >= 0.6 is 34.5 Å². The molecule has 1 aromatic heterocycles. The monoisotopic (exact) mass is 345 g/mol. The third-order valence-electron chi connectivity index (χ3n) is 2.52. The van der Waals surface area contributed by atoms with Gasteiger partial charge in [-0.1, -0.05) is 47.5 Å². The molecule has 0 aliphatic rings. The lowest BCUT2D eigenvalue weighted by atomic mass is 10.3. The van der Waals surface area contributed by atoms with Crippen LogP contribution in [-0.4, -0.2) is 22.7 Å². The van der Waals surface area contributed by atoms with E-state index in [0.717, 1.165) is 11.4 Å². The Morgan fingerprint density at radius 1 is 1.38 bits per heavy atom. The van der Waals surface area contributed by atoms with E-state index in [2.05, 4.69) is 15.5 Å². The molecule has 0 aliphatic heterocycles. The van der Waals surface area contributed by atoms with Crippen molar-refractivity contribution in [1.82, 2.24) is 10.2 Å². The first kappa shape index (κ1) is 16.0. The van der Waals surface area contributed by atoms with Gasteiger partial charge in [0.2, 0.25) is 11.0 Å². The molecule has 0 aliphatic carbocycles. The number of rotatable bonds is 6. The van der Waals surface area contributed by atoms with Gasteiger partial charge in [-0.25, -0.2) is 0 Å². The summed E-state index contributed by atoms with van der Waals surface area (Å²) in [6, 6.07) is 5.10. The molecular weight excluding hydrogens is 333 g/mol. The molecule has 2 rings (SSSR count). The number of carbonyl (C=O) groups excluding carboxylic acids is 1. The number of halogens is 2. The number of carbonyl (C=O) groups is 1. The maximum atomic E-state index is 11.7. The molecule has 0 fully saturated rings. The van der Waals surface area contributed by atoms with Crippen molar-refractivity contribution in [2.45, 2.75) is 19.8 Å². The van der Waals surface area contributed by atoms with Crippen LogP contribution in [0.4, 0.5) is 5.13 Å². The van der Waals surface area contributed by atoms with Crippen molar-refractivity contribution in [2.75, 3.05) is 11.9 Å². The maximum absolute atomic E-state index is 11.7. The summed E-state index contributed by atoms with van der Waals surface area (Å²) in [7, 11) is 0. The number of anilines is 1. The van der Waals surface area contributed by atoms with Crippen LogP contribution < -0.4 is 10.1 Å². The zero-order valence-corrected chi connectivity index (χ0v) is 13.6. The van der Waals surface area contributed by atoms with Gasteiger partial charge in [-0.2, -0.15) is 0 Å². The van der Waals surface area contributed by atoms with Crippen molar-refractivity contribution in [3.63, 3.8) is 0 Å². The van der Waals surface area contributed by atoms with Gasteiger partial charge in [0.1, 0.15) is 15.8 Å². The normalized spacial score (nSPS) is 10.4. The highest BCUT2D eigenvalue weighted by Gasteiger charge is 2.09. The molecule has 8 heteroatoms. The van der Waals surface area contributed by atoms with Gasteiger partial charge in [0.15, 0.2) is 0 Å². The lowest BCUT2D eigenvalue weighted by Crippen LogP contribution is -2.15. The minimum absolute atomic E-state index is 0.184. The molecule has 0 radical (unpaired) electrons. The Labute approximate surface area is 136 Å². The molecule has 1 amide bonds. The fourth-order valence-electron chi connectivity index (χ4n) is 1.48. The molecule has 0 saturated carbocycles. The highest BCUT2D eigenvalue weighted by Crippen LogP contribution is 2.31. The Morgan fingerprint density at radius 2 is 2.19 bits per heavy atom. The standard InChI is InChI=1S/C13H13Cl2N3O2S/c1-2-11-17-18-13(21-11)16-10(19)6-7-20-9-5-3-4-8(14)12(9)15/h3-5H,2,6-7H2,1H3,(H,16,18,19). The Morgan fingerprint density at radius 3 is 2.90 bits per heavy atom. The van der Waals surface area contributed by atoms with Crippen LogP contribution in [0.15, 0.2) is 18.2 Å². The van der Waals surface area contributed by atoms with Crippen LogP contribution in [0.25, 0.3) is 0 Å². The number of nitrogens with one attached hydrogen (secondary N) is 1. The summed E-state index contributed by atoms with van der Waals surface area (Å²) in [6.45, 7) is 2.18. The van der Waals surface area contributed by atoms with Gasteiger partial charge >= 0.3 is 0 Å². The Kier molecular flexibility index (Phi) is 5.78. The van der Waals surface area contributed by atoms with Gasteiger partial charge < -0.3 is 10.1 Å². The lowest BCUT2D eigenvalue weighted by molar-refractivity contribution is -0.116. The first-order valence-electron chi connectivity index (χ1n) is 6.29. The molecule has 2 aromatic rings. The Hall–Kier alpha value is -1.37. The van der Waals surface area contributed by atoms with Gasteiger partial charge in [-0.15, -0.1) is 10.2 Å². The van der Waals surface area contributed by atoms with Crippen molar-refractivity contribution in [3.05, 3.63) is 33.3 Å². The van der Waals surface area contributed by atoms with Gasteiger partial charge in [0, 0.05) is 0 Å². The van der Waals surface area contributed by atoms with E-state index >= 15 is 0 Å². The number of benzene rings is 1. The molecule has 0 unspecified atom stereocenters. The van der Waals surface area contributed by atoms with Crippen LogP contribution in [0.5, 0.6) is 5.75 Å². The number of nitrogens with zero attached hydrogens (tertiary/aromatic N) is 2. The minimum Gasteiger partial charge on any atom is -0.491 e. The Bertz CT molecular complexity index is 634. The fourth-order valence-corrected chi connectivity index (χ4v) is 2.52. The van der Waals surface area contributed by atoms with Crippen LogP contribution in [0.1, 0.15) is 18.4 Å². The molecule has 0 spiro atoms. The molecule has 21 heavy (non-hydrogen) atoms. The summed E-state index contributed by atoms with van der Waals surface area (Å²) in [5, 5.41) is 12.6. The smallest absolute Gasteiger partial charge is 0.229 e. The van der Waals surface area contributed by atoms with Gasteiger partial charge in [-0.3, -0.25) is 4.79 Å². The van der Waals surface area contributed by atoms with E-state index in [-0.39, 0.29) is 18.9 Å². The van der Waals surface area contributed by atoms with E-state index < -0.39 is 0 Å². The highest BCUT2D eigenvalue weighted by atomic mass is 35.5. The second-order valence-electron chi connectivity index (χ2n) is 4.05. The zero-order chi connectivity index (χ0) is 15.2. The second-order valence-corrected chi connectivity index (χ2v) is 5.90. The summed E-state index contributed by atoms with van der Waals surface area (Å²) >= 11 is 13.2. The molecule has 0 saturated heterocycles. The third kappa shape index (κ3) is 4.56. The van der Waals surface area contributed by atoms with Gasteiger partial charge in [0.25, 0.3) is 0 Å². The average molecular weight is 346 g/mol. The van der Waals surface area contributed by atoms with E-state index in [9.17, 15) is 4.79 Å². The van der Waals surface area contributed by atoms with Crippen molar-refractivity contribution in [3.8, 4) is 5.75 Å². The quantitative estimate of drug-likeness (QED) is 0.864. The van der Waals surface area contributed by atoms with Gasteiger partial charge in [0.05, 0.1) is 18.1 Å². The van der Waals surface area contributed by atoms with Crippen LogP contribution in [-0.2, 0) is 11.2 Å². The highest BCUT2D eigenvalue weighted by molar-refractivity contribution is 7.15. The minimum atomic E-state index is -0.188. The van der Waals surface area contributed by atoms with Crippen molar-refractivity contribution < 1.29 is 9.53 Å². The summed E-state index contributed by atoms with van der Waals surface area (Å²) in [5.41, 5.74) is 0. The number of aryl methyl sites for hydroxylation is 1. The zero-order valence-electron chi connectivity index (χ0n) is 11.2. The molecule has 0 atom stereocenters. The first-order valence-corrected chi connectivity index (χ1v) is 7.86. The van der Waals surface area contributed by atoms with E-state index in [1.807, 2.05) is 6.92 Å². The largest absolute Gasteiger partial charge is 0.491 e. The summed E-state index contributed by atoms with van der Waals surface area (Å²) in [4.78, 5) is 11.7. The summed E-state index contributed by atoms with van der Waals surface area (Å²) in [5.74, 6) is 0.271. The number of hydrogen-bond donors (Lipinski definition) is 1. The lowest BCUT2D eigenvalue weighted by Gasteiger charge is -2.08. The molecule has 112 valence electrons. The summed E-state index contributed by atoms with van der Waals surface area (Å²) < 4.78 is 5.44. The van der Waals surface area contributed by atoms with Crippen LogP contribution in [0.3, 0.4) is 0 Å². The average Bonchev–Trinajstić information content (AvgIpc) is 2.91.